The van der Waals surface area contributed by atoms with Crippen molar-refractivity contribution in [3.8, 4) is 0 Å². The van der Waals surface area contributed by atoms with E-state index < -0.39 is 6.10 Å². The van der Waals surface area contributed by atoms with Crippen LogP contribution in [0.25, 0.3) is 0 Å². The molecule has 6 heteroatoms. The van der Waals surface area contributed by atoms with Gasteiger partial charge >= 0.3 is 17.9 Å². The van der Waals surface area contributed by atoms with Gasteiger partial charge in [-0.2, -0.15) is 0 Å². The Labute approximate surface area is 477 Å². The van der Waals surface area contributed by atoms with Crippen molar-refractivity contribution in [3.05, 3.63) is 85.1 Å². The summed E-state index contributed by atoms with van der Waals surface area (Å²) in [6, 6.07) is 0. The van der Waals surface area contributed by atoms with E-state index in [-0.39, 0.29) is 31.1 Å². The summed E-state index contributed by atoms with van der Waals surface area (Å²) in [5, 5.41) is 0. The van der Waals surface area contributed by atoms with Crippen molar-refractivity contribution in [1.29, 1.82) is 0 Å². The lowest BCUT2D eigenvalue weighted by atomic mass is 10.0. The molecule has 0 N–H and O–H groups in total. The standard InChI is InChI=1S/C71H124O6/c1-4-7-10-13-16-19-22-25-28-31-33-34-35-36-38-40-43-46-49-52-55-58-61-64-70(73)76-67-68(66-75-69(72)63-60-57-54-51-48-45-42-39-30-27-24-21-18-15-12-9-6-3)77-71(74)65-62-59-56-53-50-47-44-41-37-32-29-26-23-20-17-14-11-8-5-2/h7,10,16,19,25,27-28,30,33-34,36,38,43,46,68H,4-6,8-9,11-15,17-18,20-24,26,29,31-32,35,37,39-42,44-45,47-67H2,1-3H3/b10-7-,19-16-,28-25-,30-27-,34-33-,38-36-,46-43-. The molecule has 0 aromatic heterocycles. The van der Waals surface area contributed by atoms with Crippen LogP contribution in [-0.4, -0.2) is 37.2 Å². The number of carbonyl (C=O) groups is 3. The largest absolute Gasteiger partial charge is 0.462 e. The second-order valence-corrected chi connectivity index (χ2v) is 22.0. The monoisotopic (exact) mass is 1070 g/mol. The van der Waals surface area contributed by atoms with E-state index in [0.717, 1.165) is 109 Å². The second kappa shape index (κ2) is 65.1. The van der Waals surface area contributed by atoms with Crippen LogP contribution in [0.2, 0.25) is 0 Å². The van der Waals surface area contributed by atoms with E-state index in [0.29, 0.717) is 19.3 Å². The van der Waals surface area contributed by atoms with Crippen LogP contribution in [0.5, 0.6) is 0 Å². The topological polar surface area (TPSA) is 78.9 Å². The molecule has 0 saturated heterocycles. The zero-order valence-electron chi connectivity index (χ0n) is 51.0. The molecule has 0 fully saturated rings. The Hall–Kier alpha value is -3.41. The SMILES string of the molecule is CC/C=C\C/C=C\C/C=C\C/C=C\C/C=C\C/C=C\CCCCCCC(=O)OCC(COC(=O)CCCCCCCCC/C=C\CCCCCCCC)OC(=O)CCCCCCCCCCCCCCCCCCCCC. The maximum Gasteiger partial charge on any atom is 0.306 e. The highest BCUT2D eigenvalue weighted by atomic mass is 16.6. The van der Waals surface area contributed by atoms with Gasteiger partial charge < -0.3 is 14.2 Å². The average Bonchev–Trinajstić information content (AvgIpc) is 3.43. The number of unbranched alkanes of at least 4 members (excludes halogenated alkanes) is 35. The van der Waals surface area contributed by atoms with E-state index in [2.05, 4.69) is 106 Å². The minimum Gasteiger partial charge on any atom is -0.462 e. The smallest absolute Gasteiger partial charge is 0.306 e. The summed E-state index contributed by atoms with van der Waals surface area (Å²) in [6.45, 7) is 6.54. The van der Waals surface area contributed by atoms with Gasteiger partial charge in [-0.15, -0.1) is 0 Å². The summed E-state index contributed by atoms with van der Waals surface area (Å²) in [4.78, 5) is 38.4. The predicted molar refractivity (Wildman–Crippen MR) is 334 cm³/mol. The Morgan fingerprint density at radius 2 is 0.506 bits per heavy atom. The maximum absolute atomic E-state index is 12.9. The van der Waals surface area contributed by atoms with Gasteiger partial charge in [0.2, 0.25) is 0 Å². The van der Waals surface area contributed by atoms with Crippen LogP contribution < -0.4 is 0 Å². The third-order valence-electron chi connectivity index (χ3n) is 14.4. The van der Waals surface area contributed by atoms with Gasteiger partial charge in [-0.1, -0.05) is 298 Å². The quantitative estimate of drug-likeness (QED) is 0.0261. The van der Waals surface area contributed by atoms with Crippen LogP contribution in [-0.2, 0) is 28.6 Å². The maximum atomic E-state index is 12.9. The fraction of sp³-hybridized carbons (Fsp3) is 0.761. The van der Waals surface area contributed by atoms with Gasteiger partial charge in [-0.05, 0) is 96.3 Å². The summed E-state index contributed by atoms with van der Waals surface area (Å²) in [5.41, 5.74) is 0. The first-order valence-corrected chi connectivity index (χ1v) is 33.1. The Balaban J connectivity index is 4.41. The van der Waals surface area contributed by atoms with Crippen LogP contribution in [0.3, 0.4) is 0 Å². The Morgan fingerprint density at radius 1 is 0.273 bits per heavy atom. The molecular weight excluding hydrogens is 949 g/mol. The first kappa shape index (κ1) is 73.6. The molecule has 444 valence electrons. The molecule has 0 aliphatic heterocycles. The van der Waals surface area contributed by atoms with Crippen molar-refractivity contribution in [2.45, 2.75) is 335 Å². The first-order valence-electron chi connectivity index (χ1n) is 33.1. The number of esters is 3. The first-order chi connectivity index (χ1) is 38.0. The molecule has 0 heterocycles. The Morgan fingerprint density at radius 3 is 0.805 bits per heavy atom. The molecule has 1 unspecified atom stereocenters. The van der Waals surface area contributed by atoms with E-state index in [4.69, 9.17) is 14.2 Å². The molecule has 0 aromatic carbocycles. The number of ether oxygens (including phenoxy) is 3. The van der Waals surface area contributed by atoms with Crippen LogP contribution >= 0.6 is 0 Å². The number of rotatable bonds is 60. The van der Waals surface area contributed by atoms with Crippen molar-refractivity contribution in [2.75, 3.05) is 13.2 Å². The average molecular weight is 1070 g/mol. The lowest BCUT2D eigenvalue weighted by Gasteiger charge is -2.18. The van der Waals surface area contributed by atoms with Gasteiger partial charge in [-0.25, -0.2) is 0 Å². The highest BCUT2D eigenvalue weighted by Gasteiger charge is 2.19. The van der Waals surface area contributed by atoms with E-state index in [1.165, 1.54) is 180 Å². The van der Waals surface area contributed by atoms with Crippen LogP contribution in [0.15, 0.2) is 85.1 Å². The molecular formula is C71H124O6. The van der Waals surface area contributed by atoms with E-state index in [9.17, 15) is 14.4 Å². The van der Waals surface area contributed by atoms with Crippen molar-refractivity contribution in [1.82, 2.24) is 0 Å². The van der Waals surface area contributed by atoms with Gasteiger partial charge in [-0.3, -0.25) is 14.4 Å². The highest BCUT2D eigenvalue weighted by Crippen LogP contribution is 2.17. The van der Waals surface area contributed by atoms with E-state index >= 15 is 0 Å². The molecule has 1 atom stereocenters. The summed E-state index contributed by atoms with van der Waals surface area (Å²) < 4.78 is 16.9. The highest BCUT2D eigenvalue weighted by molar-refractivity contribution is 5.71. The van der Waals surface area contributed by atoms with E-state index in [1.807, 2.05) is 0 Å². The number of hydrogen-bond acceptors (Lipinski definition) is 6. The van der Waals surface area contributed by atoms with Crippen LogP contribution in [0, 0.1) is 0 Å². The predicted octanol–water partition coefficient (Wildman–Crippen LogP) is 22.7. The molecule has 0 aliphatic rings. The zero-order chi connectivity index (χ0) is 55.7. The second-order valence-electron chi connectivity index (χ2n) is 22.0. The molecule has 6 nitrogen and oxygen atoms in total. The summed E-state index contributed by atoms with van der Waals surface area (Å²) >= 11 is 0. The van der Waals surface area contributed by atoms with Crippen LogP contribution in [0.1, 0.15) is 329 Å². The molecule has 0 aliphatic carbocycles. The number of hydrogen-bond donors (Lipinski definition) is 0. The van der Waals surface area contributed by atoms with Crippen LogP contribution in [0.4, 0.5) is 0 Å². The fourth-order valence-corrected chi connectivity index (χ4v) is 9.44. The Kier molecular flexibility index (Phi) is 62.2. The Bertz CT molecular complexity index is 1470. The lowest BCUT2D eigenvalue weighted by Crippen LogP contribution is -2.30. The lowest BCUT2D eigenvalue weighted by molar-refractivity contribution is -0.167. The van der Waals surface area contributed by atoms with Crippen molar-refractivity contribution >= 4 is 17.9 Å². The zero-order valence-corrected chi connectivity index (χ0v) is 51.0. The van der Waals surface area contributed by atoms with Gasteiger partial charge in [0.1, 0.15) is 13.2 Å². The summed E-state index contributed by atoms with van der Waals surface area (Å²) in [5.74, 6) is -0.897. The van der Waals surface area contributed by atoms with Crippen molar-refractivity contribution < 1.29 is 28.6 Å². The minimum absolute atomic E-state index is 0.0843. The van der Waals surface area contributed by atoms with Crippen molar-refractivity contribution in [2.24, 2.45) is 0 Å². The third kappa shape index (κ3) is 63.3. The molecule has 0 aromatic rings. The summed E-state index contributed by atoms with van der Waals surface area (Å²) in [7, 11) is 0. The minimum atomic E-state index is -0.789. The summed E-state index contributed by atoms with van der Waals surface area (Å²) in [6.07, 6.45) is 85.9. The molecule has 0 amide bonds. The van der Waals surface area contributed by atoms with Gasteiger partial charge in [0.05, 0.1) is 0 Å². The number of carbonyl (C=O) groups excluding carboxylic acids is 3. The third-order valence-corrected chi connectivity index (χ3v) is 14.4. The molecule has 0 bridgehead atoms. The molecule has 0 rings (SSSR count). The molecule has 0 saturated carbocycles. The van der Waals surface area contributed by atoms with Gasteiger partial charge in [0, 0.05) is 19.3 Å². The fourth-order valence-electron chi connectivity index (χ4n) is 9.44. The molecule has 0 spiro atoms. The van der Waals surface area contributed by atoms with Crippen molar-refractivity contribution in [3.63, 3.8) is 0 Å². The molecule has 77 heavy (non-hydrogen) atoms. The van der Waals surface area contributed by atoms with Gasteiger partial charge in [0.25, 0.3) is 0 Å². The van der Waals surface area contributed by atoms with E-state index in [1.54, 1.807) is 0 Å². The number of allylic oxidation sites excluding steroid dienone is 14. The normalized spacial score (nSPS) is 12.6. The van der Waals surface area contributed by atoms with Gasteiger partial charge in [0.15, 0.2) is 6.10 Å². The molecule has 0 radical (unpaired) electrons.